The van der Waals surface area contributed by atoms with Crippen LogP contribution in [0, 0.1) is 22.9 Å². The van der Waals surface area contributed by atoms with Crippen LogP contribution in [0.2, 0.25) is 0 Å². The second-order valence-corrected chi connectivity index (χ2v) is 6.01. The van der Waals surface area contributed by atoms with Crippen molar-refractivity contribution in [2.24, 2.45) is 0 Å². The number of nitro benzene ring substituents is 1. The van der Waals surface area contributed by atoms with Gasteiger partial charge in [-0.25, -0.2) is 4.39 Å². The number of hydrogen-bond donors (Lipinski definition) is 1. The van der Waals surface area contributed by atoms with E-state index in [0.717, 1.165) is 17.2 Å². The summed E-state index contributed by atoms with van der Waals surface area (Å²) >= 11 is 0. The fourth-order valence-corrected chi connectivity index (χ4v) is 2.85. The van der Waals surface area contributed by atoms with Gasteiger partial charge < -0.3 is 10.1 Å². The highest BCUT2D eigenvalue weighted by molar-refractivity contribution is 5.66. The SMILES string of the molecule is COc1cc(NC(c2cccc(C)c2)c2ccccn2)c([N+](=O)[O-])cc1F. The average Bonchev–Trinajstić information content (AvgIpc) is 2.67. The molecule has 0 aliphatic carbocycles. The fraction of sp³-hybridized carbons (Fsp3) is 0.150. The van der Waals surface area contributed by atoms with Crippen LogP contribution in [0.25, 0.3) is 0 Å². The summed E-state index contributed by atoms with van der Waals surface area (Å²) in [6, 6.07) is 14.9. The van der Waals surface area contributed by atoms with E-state index in [0.29, 0.717) is 5.69 Å². The molecule has 3 aromatic rings. The van der Waals surface area contributed by atoms with E-state index in [4.69, 9.17) is 4.74 Å². The minimum absolute atomic E-state index is 0.0767. The summed E-state index contributed by atoms with van der Waals surface area (Å²) in [5.74, 6) is -0.869. The Balaban J connectivity index is 2.11. The van der Waals surface area contributed by atoms with E-state index in [1.54, 1.807) is 12.3 Å². The molecule has 6 nitrogen and oxygen atoms in total. The maximum absolute atomic E-state index is 14.0. The van der Waals surface area contributed by atoms with Crippen LogP contribution in [-0.2, 0) is 0 Å². The van der Waals surface area contributed by atoms with Gasteiger partial charge in [-0.1, -0.05) is 35.9 Å². The molecule has 0 saturated heterocycles. The number of nitrogens with zero attached hydrogens (tertiary/aromatic N) is 2. The first kappa shape index (κ1) is 18.3. The summed E-state index contributed by atoms with van der Waals surface area (Å²) in [5, 5.41) is 14.6. The molecule has 0 amide bonds. The first-order chi connectivity index (χ1) is 13.0. The number of hydrogen-bond acceptors (Lipinski definition) is 5. The zero-order valence-electron chi connectivity index (χ0n) is 14.8. The van der Waals surface area contributed by atoms with Gasteiger partial charge in [-0.3, -0.25) is 15.1 Å². The molecule has 0 spiro atoms. The van der Waals surface area contributed by atoms with Crippen molar-refractivity contribution in [3.8, 4) is 5.75 Å². The van der Waals surface area contributed by atoms with Gasteiger partial charge in [-0.05, 0) is 24.6 Å². The number of halogens is 1. The van der Waals surface area contributed by atoms with E-state index in [2.05, 4.69) is 10.3 Å². The van der Waals surface area contributed by atoms with Crippen molar-refractivity contribution in [2.45, 2.75) is 13.0 Å². The van der Waals surface area contributed by atoms with Crippen molar-refractivity contribution >= 4 is 11.4 Å². The van der Waals surface area contributed by atoms with Gasteiger partial charge in [-0.2, -0.15) is 0 Å². The summed E-state index contributed by atoms with van der Waals surface area (Å²) < 4.78 is 18.9. The summed E-state index contributed by atoms with van der Waals surface area (Å²) in [6.07, 6.45) is 1.65. The van der Waals surface area contributed by atoms with E-state index >= 15 is 0 Å². The van der Waals surface area contributed by atoms with Gasteiger partial charge in [-0.15, -0.1) is 0 Å². The lowest BCUT2D eigenvalue weighted by molar-refractivity contribution is -0.384. The first-order valence-electron chi connectivity index (χ1n) is 8.25. The maximum atomic E-state index is 14.0. The van der Waals surface area contributed by atoms with Crippen LogP contribution in [0.1, 0.15) is 22.9 Å². The molecule has 0 aliphatic rings. The molecule has 1 N–H and O–H groups in total. The van der Waals surface area contributed by atoms with E-state index in [-0.39, 0.29) is 17.1 Å². The molecule has 3 rings (SSSR count). The van der Waals surface area contributed by atoms with E-state index in [9.17, 15) is 14.5 Å². The van der Waals surface area contributed by atoms with Crippen LogP contribution in [0.4, 0.5) is 15.8 Å². The zero-order valence-corrected chi connectivity index (χ0v) is 14.8. The molecule has 0 radical (unpaired) electrons. The number of ether oxygens (including phenoxy) is 1. The second kappa shape index (κ2) is 7.82. The molecular formula is C20H18FN3O3. The highest BCUT2D eigenvalue weighted by Crippen LogP contribution is 2.35. The molecule has 0 aliphatic heterocycles. The zero-order chi connectivity index (χ0) is 19.4. The summed E-state index contributed by atoms with van der Waals surface area (Å²) in [5.41, 5.74) is 2.38. The van der Waals surface area contributed by atoms with Crippen molar-refractivity contribution < 1.29 is 14.1 Å². The minimum Gasteiger partial charge on any atom is -0.494 e. The number of anilines is 1. The molecule has 7 heteroatoms. The highest BCUT2D eigenvalue weighted by atomic mass is 19.1. The molecule has 0 bridgehead atoms. The van der Waals surface area contributed by atoms with Gasteiger partial charge in [0.25, 0.3) is 5.69 Å². The normalized spacial score (nSPS) is 11.7. The number of nitro groups is 1. The number of methoxy groups -OCH3 is 1. The van der Waals surface area contributed by atoms with Crippen molar-refractivity contribution in [3.05, 3.63) is 93.5 Å². The van der Waals surface area contributed by atoms with Crippen LogP contribution >= 0.6 is 0 Å². The minimum atomic E-state index is -0.792. The van der Waals surface area contributed by atoms with Gasteiger partial charge in [0, 0.05) is 12.3 Å². The lowest BCUT2D eigenvalue weighted by Crippen LogP contribution is -2.15. The molecule has 1 aromatic heterocycles. The van der Waals surface area contributed by atoms with Crippen LogP contribution in [0.3, 0.4) is 0 Å². The van der Waals surface area contributed by atoms with Crippen LogP contribution in [-0.4, -0.2) is 17.0 Å². The Hall–Kier alpha value is -3.48. The fourth-order valence-electron chi connectivity index (χ4n) is 2.85. The highest BCUT2D eigenvalue weighted by Gasteiger charge is 2.23. The van der Waals surface area contributed by atoms with Gasteiger partial charge in [0.2, 0.25) is 0 Å². The third kappa shape index (κ3) is 4.03. The maximum Gasteiger partial charge on any atom is 0.295 e. The molecule has 138 valence electrons. The number of rotatable bonds is 6. The van der Waals surface area contributed by atoms with Crippen molar-refractivity contribution in [1.82, 2.24) is 4.98 Å². The predicted molar refractivity (Wildman–Crippen MR) is 100 cm³/mol. The summed E-state index contributed by atoms with van der Waals surface area (Å²) in [6.45, 7) is 1.96. The number of aryl methyl sites for hydroxylation is 1. The number of aromatic nitrogens is 1. The standard InChI is InChI=1S/C20H18FN3O3/c1-13-6-5-7-14(10-13)20(16-8-3-4-9-22-16)23-17-12-19(27-2)15(21)11-18(17)24(25)26/h3-12,20,23H,1-2H3. The van der Waals surface area contributed by atoms with Crippen LogP contribution in [0.5, 0.6) is 5.75 Å². The Morgan fingerprint density at radius 3 is 2.63 bits per heavy atom. The third-order valence-electron chi connectivity index (χ3n) is 4.13. The lowest BCUT2D eigenvalue weighted by atomic mass is 10.0. The lowest BCUT2D eigenvalue weighted by Gasteiger charge is -2.21. The summed E-state index contributed by atoms with van der Waals surface area (Å²) in [4.78, 5) is 15.2. The molecule has 1 atom stereocenters. The monoisotopic (exact) mass is 367 g/mol. The molecule has 1 heterocycles. The van der Waals surface area contributed by atoms with Gasteiger partial charge in [0.05, 0.1) is 29.8 Å². The second-order valence-electron chi connectivity index (χ2n) is 6.01. The predicted octanol–water partition coefficient (Wildman–Crippen LogP) is 4.65. The van der Waals surface area contributed by atoms with E-state index in [1.807, 2.05) is 43.3 Å². The number of pyridine rings is 1. The first-order valence-corrected chi connectivity index (χ1v) is 8.25. The van der Waals surface area contributed by atoms with Crippen LogP contribution < -0.4 is 10.1 Å². The summed E-state index contributed by atoms with van der Waals surface area (Å²) in [7, 11) is 1.31. The smallest absolute Gasteiger partial charge is 0.295 e. The third-order valence-corrected chi connectivity index (χ3v) is 4.13. The number of benzene rings is 2. The average molecular weight is 367 g/mol. The molecular weight excluding hydrogens is 349 g/mol. The van der Waals surface area contributed by atoms with Crippen molar-refractivity contribution in [2.75, 3.05) is 12.4 Å². The Morgan fingerprint density at radius 1 is 1.19 bits per heavy atom. The molecule has 2 aromatic carbocycles. The van der Waals surface area contributed by atoms with E-state index in [1.165, 1.54) is 13.2 Å². The Labute approximate surface area is 155 Å². The molecule has 1 unspecified atom stereocenters. The topological polar surface area (TPSA) is 77.3 Å². The van der Waals surface area contributed by atoms with Gasteiger partial charge >= 0.3 is 0 Å². The Bertz CT molecular complexity index is 964. The van der Waals surface area contributed by atoms with Crippen molar-refractivity contribution in [1.29, 1.82) is 0 Å². The molecule has 27 heavy (non-hydrogen) atoms. The van der Waals surface area contributed by atoms with Crippen LogP contribution in [0.15, 0.2) is 60.8 Å². The molecule has 0 fully saturated rings. The Morgan fingerprint density at radius 2 is 2.00 bits per heavy atom. The Kier molecular flexibility index (Phi) is 5.30. The number of nitrogens with one attached hydrogen (secondary N) is 1. The van der Waals surface area contributed by atoms with Gasteiger partial charge in [0.1, 0.15) is 5.69 Å². The van der Waals surface area contributed by atoms with E-state index < -0.39 is 16.8 Å². The largest absolute Gasteiger partial charge is 0.494 e. The van der Waals surface area contributed by atoms with Crippen molar-refractivity contribution in [3.63, 3.8) is 0 Å². The quantitative estimate of drug-likeness (QED) is 0.507. The van der Waals surface area contributed by atoms with Gasteiger partial charge in [0.15, 0.2) is 11.6 Å². The molecule has 0 saturated carbocycles.